The molecule has 1 atom stereocenters. The van der Waals surface area contributed by atoms with Crippen molar-refractivity contribution in [1.82, 2.24) is 25.3 Å². The number of aromatic nitrogens is 2. The average molecular weight is 337 g/mol. The average Bonchev–Trinajstić information content (AvgIpc) is 3.01. The van der Waals surface area contributed by atoms with E-state index < -0.39 is 0 Å². The number of likely N-dealkylation sites (tertiary alicyclic amines) is 1. The molecule has 3 rings (SSSR count). The molecule has 3 heterocycles. The molecule has 134 valence electrons. The molecule has 8 nitrogen and oxygen atoms in total. The summed E-state index contributed by atoms with van der Waals surface area (Å²) in [6, 6.07) is 0.0120. The van der Waals surface area contributed by atoms with Gasteiger partial charge in [-0.05, 0) is 25.7 Å². The van der Waals surface area contributed by atoms with Gasteiger partial charge in [0.25, 0.3) is 0 Å². The van der Waals surface area contributed by atoms with Gasteiger partial charge in [0.05, 0.1) is 13.2 Å². The first-order valence-corrected chi connectivity index (χ1v) is 8.83. The smallest absolute Gasteiger partial charge is 0.317 e. The van der Waals surface area contributed by atoms with E-state index in [1.54, 1.807) is 6.92 Å². The predicted octanol–water partition coefficient (Wildman–Crippen LogP) is 0.674. The Labute approximate surface area is 142 Å². The Morgan fingerprint density at radius 1 is 1.33 bits per heavy atom. The number of carbonyl (C=O) groups excluding carboxylic acids is 1. The Balaban J connectivity index is 1.39. The van der Waals surface area contributed by atoms with E-state index >= 15 is 0 Å². The summed E-state index contributed by atoms with van der Waals surface area (Å²) in [6.07, 6.45) is 2.84. The number of piperidine rings is 1. The fourth-order valence-corrected chi connectivity index (χ4v) is 3.38. The van der Waals surface area contributed by atoms with E-state index in [-0.39, 0.29) is 6.03 Å². The van der Waals surface area contributed by atoms with E-state index in [0.717, 1.165) is 52.4 Å². The third kappa shape index (κ3) is 4.91. The third-order valence-corrected chi connectivity index (χ3v) is 4.61. The maximum Gasteiger partial charge on any atom is 0.317 e. The Hall–Kier alpha value is -1.67. The van der Waals surface area contributed by atoms with Crippen LogP contribution in [0.15, 0.2) is 4.52 Å². The molecule has 2 aliphatic heterocycles. The van der Waals surface area contributed by atoms with Gasteiger partial charge in [0.1, 0.15) is 0 Å². The molecule has 0 unspecified atom stereocenters. The van der Waals surface area contributed by atoms with Gasteiger partial charge >= 0.3 is 6.03 Å². The number of urea groups is 1. The molecule has 0 spiro atoms. The highest BCUT2D eigenvalue weighted by Gasteiger charge is 2.25. The van der Waals surface area contributed by atoms with Crippen molar-refractivity contribution >= 4 is 6.03 Å². The highest BCUT2D eigenvalue weighted by molar-refractivity contribution is 5.74. The van der Waals surface area contributed by atoms with Crippen molar-refractivity contribution in [1.29, 1.82) is 0 Å². The lowest BCUT2D eigenvalue weighted by molar-refractivity contribution is 0.0249. The van der Waals surface area contributed by atoms with Gasteiger partial charge in [0.2, 0.25) is 5.89 Å². The maximum absolute atomic E-state index is 12.3. The summed E-state index contributed by atoms with van der Waals surface area (Å²) < 4.78 is 10.4. The lowest BCUT2D eigenvalue weighted by Crippen LogP contribution is -2.49. The summed E-state index contributed by atoms with van der Waals surface area (Å²) in [5, 5.41) is 6.71. The summed E-state index contributed by atoms with van der Waals surface area (Å²) in [5.74, 6) is 1.75. The molecule has 2 amide bonds. The van der Waals surface area contributed by atoms with Crippen LogP contribution in [0.2, 0.25) is 0 Å². The van der Waals surface area contributed by atoms with Crippen LogP contribution in [-0.4, -0.2) is 78.5 Å². The van der Waals surface area contributed by atoms with Crippen molar-refractivity contribution in [2.75, 3.05) is 52.5 Å². The summed E-state index contributed by atoms with van der Waals surface area (Å²) in [6.45, 7) is 8.71. The molecule has 0 saturated carbocycles. The number of ether oxygens (including phenoxy) is 1. The van der Waals surface area contributed by atoms with Crippen molar-refractivity contribution in [2.24, 2.45) is 5.92 Å². The van der Waals surface area contributed by atoms with Crippen LogP contribution in [0, 0.1) is 12.8 Å². The second-order valence-electron chi connectivity index (χ2n) is 6.58. The van der Waals surface area contributed by atoms with E-state index in [9.17, 15) is 4.79 Å². The lowest BCUT2D eigenvalue weighted by atomic mass is 9.97. The molecule has 0 radical (unpaired) electrons. The summed E-state index contributed by atoms with van der Waals surface area (Å²) in [4.78, 5) is 20.9. The van der Waals surface area contributed by atoms with E-state index in [1.165, 1.54) is 6.42 Å². The number of aryl methyl sites for hydroxylation is 1. The zero-order chi connectivity index (χ0) is 16.8. The van der Waals surface area contributed by atoms with Crippen LogP contribution < -0.4 is 5.32 Å². The topological polar surface area (TPSA) is 83.7 Å². The molecule has 1 N–H and O–H groups in total. The predicted molar refractivity (Wildman–Crippen MR) is 87.7 cm³/mol. The zero-order valence-corrected chi connectivity index (χ0v) is 14.4. The van der Waals surface area contributed by atoms with Crippen LogP contribution in [0.25, 0.3) is 0 Å². The van der Waals surface area contributed by atoms with Crippen molar-refractivity contribution in [3.63, 3.8) is 0 Å². The number of nitrogens with zero attached hydrogens (tertiary/aromatic N) is 4. The SMILES string of the molecule is Cc1noc(CCNC(=O)N2CCC[C@@H](CN3CCOCC3)C2)n1. The van der Waals surface area contributed by atoms with Gasteiger partial charge in [-0.15, -0.1) is 0 Å². The fraction of sp³-hybridized carbons (Fsp3) is 0.812. The molecule has 0 aliphatic carbocycles. The van der Waals surface area contributed by atoms with Gasteiger partial charge in [-0.3, -0.25) is 4.90 Å². The molecule has 2 saturated heterocycles. The van der Waals surface area contributed by atoms with Crippen LogP contribution >= 0.6 is 0 Å². The molecular weight excluding hydrogens is 310 g/mol. The van der Waals surface area contributed by atoms with E-state index in [2.05, 4.69) is 20.4 Å². The quantitative estimate of drug-likeness (QED) is 0.850. The minimum absolute atomic E-state index is 0.0120. The molecule has 1 aromatic rings. The number of morpholine rings is 1. The van der Waals surface area contributed by atoms with Gasteiger partial charge in [-0.2, -0.15) is 4.98 Å². The van der Waals surface area contributed by atoms with Gasteiger partial charge in [-0.25, -0.2) is 4.79 Å². The van der Waals surface area contributed by atoms with Crippen molar-refractivity contribution in [2.45, 2.75) is 26.2 Å². The molecule has 1 aromatic heterocycles. The molecule has 0 aromatic carbocycles. The van der Waals surface area contributed by atoms with Crippen LogP contribution in [0.1, 0.15) is 24.6 Å². The molecule has 2 fully saturated rings. The van der Waals surface area contributed by atoms with E-state index in [0.29, 0.717) is 30.6 Å². The van der Waals surface area contributed by atoms with Gasteiger partial charge in [0.15, 0.2) is 5.82 Å². The number of rotatable bonds is 5. The highest BCUT2D eigenvalue weighted by atomic mass is 16.5. The van der Waals surface area contributed by atoms with Gasteiger partial charge < -0.3 is 19.5 Å². The first-order valence-electron chi connectivity index (χ1n) is 8.83. The summed E-state index contributed by atoms with van der Waals surface area (Å²) in [5.41, 5.74) is 0. The van der Waals surface area contributed by atoms with Crippen LogP contribution in [0.4, 0.5) is 4.79 Å². The van der Waals surface area contributed by atoms with E-state index in [1.807, 2.05) is 4.90 Å². The van der Waals surface area contributed by atoms with Crippen LogP contribution in [-0.2, 0) is 11.2 Å². The number of amides is 2. The minimum atomic E-state index is 0.0120. The lowest BCUT2D eigenvalue weighted by Gasteiger charge is -2.36. The Kier molecular flexibility index (Phi) is 6.03. The molecule has 8 heteroatoms. The maximum atomic E-state index is 12.3. The first-order chi connectivity index (χ1) is 11.7. The Morgan fingerprint density at radius 3 is 2.92 bits per heavy atom. The standard InChI is InChI=1S/C16H27N5O3/c1-13-18-15(24-19-13)4-5-17-16(22)21-6-2-3-14(12-21)11-20-7-9-23-10-8-20/h14H,2-12H2,1H3,(H,17,22)/t14-/m0/s1. The summed E-state index contributed by atoms with van der Waals surface area (Å²) in [7, 11) is 0. The highest BCUT2D eigenvalue weighted by Crippen LogP contribution is 2.18. The first kappa shape index (κ1) is 17.2. The summed E-state index contributed by atoms with van der Waals surface area (Å²) >= 11 is 0. The van der Waals surface area contributed by atoms with Crippen molar-refractivity contribution in [3.05, 3.63) is 11.7 Å². The van der Waals surface area contributed by atoms with Crippen LogP contribution in [0.3, 0.4) is 0 Å². The molecule has 24 heavy (non-hydrogen) atoms. The fourth-order valence-electron chi connectivity index (χ4n) is 3.38. The van der Waals surface area contributed by atoms with Crippen molar-refractivity contribution in [3.8, 4) is 0 Å². The van der Waals surface area contributed by atoms with Crippen molar-refractivity contribution < 1.29 is 14.1 Å². The van der Waals surface area contributed by atoms with E-state index in [4.69, 9.17) is 9.26 Å². The second kappa shape index (κ2) is 8.43. The third-order valence-electron chi connectivity index (χ3n) is 4.61. The largest absolute Gasteiger partial charge is 0.379 e. The Bertz CT molecular complexity index is 530. The van der Waals surface area contributed by atoms with Gasteiger partial charge in [-0.1, -0.05) is 5.16 Å². The number of hydrogen-bond acceptors (Lipinski definition) is 6. The number of nitrogens with one attached hydrogen (secondary N) is 1. The second-order valence-corrected chi connectivity index (χ2v) is 6.58. The number of hydrogen-bond donors (Lipinski definition) is 1. The van der Waals surface area contributed by atoms with Gasteiger partial charge in [0, 0.05) is 45.7 Å². The molecule has 0 bridgehead atoms. The normalized spacial score (nSPS) is 22.5. The number of carbonyl (C=O) groups is 1. The monoisotopic (exact) mass is 337 g/mol. The Morgan fingerprint density at radius 2 is 2.17 bits per heavy atom. The van der Waals surface area contributed by atoms with Crippen LogP contribution in [0.5, 0.6) is 0 Å². The molecular formula is C16H27N5O3. The zero-order valence-electron chi connectivity index (χ0n) is 14.4. The molecule has 2 aliphatic rings. The minimum Gasteiger partial charge on any atom is -0.379 e.